The van der Waals surface area contributed by atoms with Gasteiger partial charge in [-0.1, -0.05) is 30.4 Å². The predicted molar refractivity (Wildman–Crippen MR) is 89.3 cm³/mol. The number of likely N-dealkylation sites (N-methyl/N-ethyl adjacent to an activating group) is 1. The molecule has 0 aliphatic heterocycles. The summed E-state index contributed by atoms with van der Waals surface area (Å²) in [6.45, 7) is 3.06. The summed E-state index contributed by atoms with van der Waals surface area (Å²) in [6.07, 6.45) is 1.75. The third-order valence-electron chi connectivity index (χ3n) is 3.07. The van der Waals surface area contributed by atoms with Gasteiger partial charge in [0, 0.05) is 24.2 Å². The Labute approximate surface area is 125 Å². The number of nitrogens with zero attached hydrogens (tertiary/aromatic N) is 2. The molecule has 1 heterocycles. The Kier molecular flexibility index (Phi) is 4.52. The van der Waals surface area contributed by atoms with Crippen molar-refractivity contribution in [2.45, 2.75) is 13.0 Å². The summed E-state index contributed by atoms with van der Waals surface area (Å²) >= 11 is 5.14. The molecule has 20 heavy (non-hydrogen) atoms. The van der Waals surface area contributed by atoms with E-state index in [4.69, 9.17) is 18.0 Å². The first-order valence-electron chi connectivity index (χ1n) is 6.58. The zero-order chi connectivity index (χ0) is 14.7. The van der Waals surface area contributed by atoms with E-state index in [1.165, 1.54) is 0 Å². The van der Waals surface area contributed by atoms with Crippen LogP contribution in [0.2, 0.25) is 0 Å². The van der Waals surface area contributed by atoms with Gasteiger partial charge >= 0.3 is 0 Å². The summed E-state index contributed by atoms with van der Waals surface area (Å²) in [5.41, 5.74) is 8.53. The van der Waals surface area contributed by atoms with Gasteiger partial charge in [0.15, 0.2) is 0 Å². The number of hydrogen-bond donors (Lipinski definition) is 2. The fourth-order valence-electron chi connectivity index (χ4n) is 2.32. The molecule has 5 heteroatoms. The number of aromatic nitrogens is 1. The normalized spacial score (nSPS) is 12.6. The maximum absolute atomic E-state index is 5.82. The van der Waals surface area contributed by atoms with E-state index in [9.17, 15) is 0 Å². The average Bonchev–Trinajstić information content (AvgIpc) is 2.37. The van der Waals surface area contributed by atoms with Crippen LogP contribution in [-0.4, -0.2) is 41.6 Å². The molecule has 0 aliphatic rings. The SMILES string of the molecule is CC(CN(C)C)Nc1c(C(N)=S)cnc2ccccc12. The van der Waals surface area contributed by atoms with Crippen molar-refractivity contribution in [3.05, 3.63) is 36.0 Å². The van der Waals surface area contributed by atoms with Crippen LogP contribution in [0.25, 0.3) is 10.9 Å². The van der Waals surface area contributed by atoms with Crippen molar-refractivity contribution in [3.8, 4) is 0 Å². The number of thiocarbonyl (C=S) groups is 1. The van der Waals surface area contributed by atoms with Crippen molar-refractivity contribution in [3.63, 3.8) is 0 Å². The number of benzene rings is 1. The van der Waals surface area contributed by atoms with E-state index < -0.39 is 0 Å². The lowest BCUT2D eigenvalue weighted by atomic mass is 10.1. The van der Waals surface area contributed by atoms with Crippen molar-refractivity contribution < 1.29 is 0 Å². The fraction of sp³-hybridized carbons (Fsp3) is 0.333. The van der Waals surface area contributed by atoms with Gasteiger partial charge in [0.05, 0.1) is 16.8 Å². The molecule has 3 N–H and O–H groups in total. The molecule has 1 aromatic heterocycles. The van der Waals surface area contributed by atoms with E-state index in [0.29, 0.717) is 4.99 Å². The lowest BCUT2D eigenvalue weighted by Gasteiger charge is -2.22. The molecular weight excluding hydrogens is 268 g/mol. The molecule has 106 valence electrons. The van der Waals surface area contributed by atoms with E-state index in [-0.39, 0.29) is 6.04 Å². The van der Waals surface area contributed by atoms with Crippen LogP contribution >= 0.6 is 12.2 Å². The summed E-state index contributed by atoms with van der Waals surface area (Å²) in [7, 11) is 4.11. The minimum Gasteiger partial charge on any atom is -0.389 e. The minimum atomic E-state index is 0.281. The fourth-order valence-corrected chi connectivity index (χ4v) is 2.48. The van der Waals surface area contributed by atoms with Gasteiger partial charge < -0.3 is 16.0 Å². The van der Waals surface area contributed by atoms with E-state index >= 15 is 0 Å². The highest BCUT2D eigenvalue weighted by Gasteiger charge is 2.13. The van der Waals surface area contributed by atoms with E-state index in [2.05, 4.69) is 36.2 Å². The van der Waals surface area contributed by atoms with Gasteiger partial charge in [-0.15, -0.1) is 0 Å². The van der Waals surface area contributed by atoms with Crippen LogP contribution in [0.4, 0.5) is 5.69 Å². The molecule has 0 fully saturated rings. The maximum atomic E-state index is 5.82. The van der Waals surface area contributed by atoms with Crippen molar-refractivity contribution in [2.75, 3.05) is 26.0 Å². The lowest BCUT2D eigenvalue weighted by Crippen LogP contribution is -2.30. The van der Waals surface area contributed by atoms with Crippen LogP contribution in [0, 0.1) is 0 Å². The first-order chi connectivity index (χ1) is 9.49. The molecule has 0 aliphatic carbocycles. The summed E-state index contributed by atoms with van der Waals surface area (Å²) < 4.78 is 0. The molecule has 0 saturated carbocycles. The molecule has 4 nitrogen and oxygen atoms in total. The Morgan fingerprint density at radius 2 is 2.10 bits per heavy atom. The standard InChI is InChI=1S/C15H20N4S/c1-10(9-19(2)3)18-14-11-6-4-5-7-13(11)17-8-12(14)15(16)20/h4-8,10H,9H2,1-3H3,(H2,16,20)(H,17,18). The summed E-state index contributed by atoms with van der Waals surface area (Å²) in [5, 5.41) is 4.56. The zero-order valence-corrected chi connectivity index (χ0v) is 12.9. The second-order valence-electron chi connectivity index (χ2n) is 5.24. The second kappa shape index (κ2) is 6.15. The number of hydrogen-bond acceptors (Lipinski definition) is 4. The summed E-state index contributed by atoms with van der Waals surface area (Å²) in [4.78, 5) is 6.92. The topological polar surface area (TPSA) is 54.2 Å². The number of nitrogens with two attached hydrogens (primary N) is 1. The quantitative estimate of drug-likeness (QED) is 0.826. The first kappa shape index (κ1) is 14.7. The molecule has 0 saturated heterocycles. The van der Waals surface area contributed by atoms with Gasteiger partial charge in [0.1, 0.15) is 4.99 Å². The van der Waals surface area contributed by atoms with Crippen LogP contribution in [0.1, 0.15) is 12.5 Å². The Morgan fingerprint density at radius 3 is 2.75 bits per heavy atom. The van der Waals surface area contributed by atoms with Gasteiger partial charge in [0.25, 0.3) is 0 Å². The smallest absolute Gasteiger partial charge is 0.107 e. The molecule has 0 spiro atoms. The molecule has 2 rings (SSSR count). The Balaban J connectivity index is 2.47. The van der Waals surface area contributed by atoms with Crippen LogP contribution in [-0.2, 0) is 0 Å². The van der Waals surface area contributed by atoms with Crippen molar-refractivity contribution in [1.82, 2.24) is 9.88 Å². The van der Waals surface area contributed by atoms with Crippen LogP contribution < -0.4 is 11.1 Å². The van der Waals surface area contributed by atoms with Gasteiger partial charge in [-0.3, -0.25) is 4.98 Å². The highest BCUT2D eigenvalue weighted by Crippen LogP contribution is 2.26. The van der Waals surface area contributed by atoms with E-state index in [1.807, 2.05) is 24.3 Å². The number of pyridine rings is 1. The molecule has 1 aromatic carbocycles. The Morgan fingerprint density at radius 1 is 1.40 bits per heavy atom. The molecule has 0 amide bonds. The molecular formula is C15H20N4S. The Bertz CT molecular complexity index is 624. The van der Waals surface area contributed by atoms with Crippen molar-refractivity contribution >= 4 is 33.8 Å². The van der Waals surface area contributed by atoms with Crippen molar-refractivity contribution in [2.24, 2.45) is 5.73 Å². The highest BCUT2D eigenvalue weighted by molar-refractivity contribution is 7.80. The van der Waals surface area contributed by atoms with Crippen LogP contribution in [0.5, 0.6) is 0 Å². The third kappa shape index (κ3) is 3.23. The number of nitrogens with one attached hydrogen (secondary N) is 1. The van der Waals surface area contributed by atoms with Crippen LogP contribution in [0.15, 0.2) is 30.5 Å². The van der Waals surface area contributed by atoms with Gasteiger partial charge in [0.2, 0.25) is 0 Å². The minimum absolute atomic E-state index is 0.281. The maximum Gasteiger partial charge on any atom is 0.107 e. The predicted octanol–water partition coefficient (Wildman–Crippen LogP) is 2.23. The third-order valence-corrected chi connectivity index (χ3v) is 3.29. The van der Waals surface area contributed by atoms with Crippen molar-refractivity contribution in [1.29, 1.82) is 0 Å². The number of rotatable bonds is 5. The summed E-state index contributed by atoms with van der Waals surface area (Å²) in [5.74, 6) is 0. The molecule has 0 radical (unpaired) electrons. The van der Waals surface area contributed by atoms with Crippen LogP contribution in [0.3, 0.4) is 0 Å². The largest absolute Gasteiger partial charge is 0.389 e. The lowest BCUT2D eigenvalue weighted by molar-refractivity contribution is 0.392. The Hall–Kier alpha value is -1.72. The first-order valence-corrected chi connectivity index (χ1v) is 6.98. The number of fused-ring (bicyclic) bond motifs is 1. The van der Waals surface area contributed by atoms with E-state index in [0.717, 1.165) is 28.7 Å². The van der Waals surface area contributed by atoms with Gasteiger partial charge in [-0.05, 0) is 27.1 Å². The zero-order valence-electron chi connectivity index (χ0n) is 12.1. The molecule has 2 aromatic rings. The molecule has 1 unspecified atom stereocenters. The molecule has 0 bridgehead atoms. The van der Waals surface area contributed by atoms with Gasteiger partial charge in [-0.2, -0.15) is 0 Å². The highest BCUT2D eigenvalue weighted by atomic mass is 32.1. The second-order valence-corrected chi connectivity index (χ2v) is 5.68. The monoisotopic (exact) mass is 288 g/mol. The van der Waals surface area contributed by atoms with E-state index in [1.54, 1.807) is 6.20 Å². The number of anilines is 1. The van der Waals surface area contributed by atoms with Gasteiger partial charge in [-0.25, -0.2) is 0 Å². The molecule has 1 atom stereocenters. The average molecular weight is 288 g/mol. The summed E-state index contributed by atoms with van der Waals surface area (Å²) in [6, 6.07) is 8.27. The number of para-hydroxylation sites is 1.